The topological polar surface area (TPSA) is 99.0 Å². The number of nitrogens with one attached hydrogen (secondary N) is 1. The predicted octanol–water partition coefficient (Wildman–Crippen LogP) is 7.42. The smallest absolute Gasteiger partial charge is 0.341 e. The standard InChI is InChI=1S/C33H33N5O3S2/c1-3-38-30(24-19-26(21-13-7-6-8-14-21)34-25-17-12-11-15-22(24)25)36-37-33(38)42-20-28(39)35-31-29(32(40)41-2)23-16-9-4-5-10-18-27(23)43-31/h6-8,11-15,17,19H,3-5,9-10,16,18,20H2,1-2H3,(H,35,39). The summed E-state index contributed by atoms with van der Waals surface area (Å²) in [5, 5.41) is 14.3. The first-order chi connectivity index (χ1) is 21.1. The van der Waals surface area contributed by atoms with Crippen LogP contribution >= 0.6 is 23.1 Å². The summed E-state index contributed by atoms with van der Waals surface area (Å²) in [6, 6.07) is 20.2. The highest BCUT2D eigenvalue weighted by molar-refractivity contribution is 7.99. The Morgan fingerprint density at radius 2 is 1.77 bits per heavy atom. The van der Waals surface area contributed by atoms with E-state index in [2.05, 4.69) is 21.6 Å². The summed E-state index contributed by atoms with van der Waals surface area (Å²) < 4.78 is 7.14. The number of pyridine rings is 1. The molecule has 8 nitrogen and oxygen atoms in total. The minimum Gasteiger partial charge on any atom is -0.465 e. The van der Waals surface area contributed by atoms with Crippen LogP contribution in [-0.4, -0.2) is 44.5 Å². The number of hydrogen-bond acceptors (Lipinski definition) is 8. The normalized spacial score (nSPS) is 13.3. The van der Waals surface area contributed by atoms with Crippen molar-refractivity contribution in [1.29, 1.82) is 0 Å². The van der Waals surface area contributed by atoms with Gasteiger partial charge in [-0.25, -0.2) is 9.78 Å². The van der Waals surface area contributed by atoms with Crippen molar-refractivity contribution < 1.29 is 14.3 Å². The Labute approximate surface area is 258 Å². The molecule has 10 heteroatoms. The van der Waals surface area contributed by atoms with Gasteiger partial charge in [0.05, 0.1) is 29.6 Å². The van der Waals surface area contributed by atoms with Crippen LogP contribution in [0.15, 0.2) is 65.8 Å². The number of rotatable bonds is 8. The number of nitrogens with zero attached hydrogens (tertiary/aromatic N) is 4. The van der Waals surface area contributed by atoms with Gasteiger partial charge in [-0.15, -0.1) is 21.5 Å². The van der Waals surface area contributed by atoms with E-state index in [4.69, 9.17) is 9.72 Å². The van der Waals surface area contributed by atoms with Crippen LogP contribution in [0.4, 0.5) is 5.00 Å². The van der Waals surface area contributed by atoms with Crippen LogP contribution in [0, 0.1) is 0 Å². The Morgan fingerprint density at radius 3 is 2.56 bits per heavy atom. The van der Waals surface area contributed by atoms with E-state index < -0.39 is 5.97 Å². The van der Waals surface area contributed by atoms with E-state index in [1.165, 1.54) is 41.5 Å². The molecule has 0 fully saturated rings. The molecule has 1 amide bonds. The van der Waals surface area contributed by atoms with Gasteiger partial charge >= 0.3 is 5.97 Å². The van der Waals surface area contributed by atoms with Crippen LogP contribution in [-0.2, 0) is 28.9 Å². The van der Waals surface area contributed by atoms with Gasteiger partial charge in [0.15, 0.2) is 11.0 Å². The number of hydrogen-bond donors (Lipinski definition) is 1. The minimum atomic E-state index is -0.393. The van der Waals surface area contributed by atoms with Crippen LogP contribution in [0.5, 0.6) is 0 Å². The Kier molecular flexibility index (Phi) is 8.85. The highest BCUT2D eigenvalue weighted by Gasteiger charge is 2.26. The van der Waals surface area contributed by atoms with Crippen LogP contribution in [0.25, 0.3) is 33.5 Å². The number of thiophene rings is 1. The molecule has 5 aromatic rings. The van der Waals surface area contributed by atoms with Crippen molar-refractivity contribution in [1.82, 2.24) is 19.7 Å². The maximum Gasteiger partial charge on any atom is 0.341 e. The number of benzene rings is 2. The molecule has 1 N–H and O–H groups in total. The van der Waals surface area contributed by atoms with E-state index in [1.807, 2.05) is 66.1 Å². The lowest BCUT2D eigenvalue weighted by Crippen LogP contribution is -2.17. The molecule has 0 saturated heterocycles. The van der Waals surface area contributed by atoms with Gasteiger partial charge in [-0.2, -0.15) is 0 Å². The number of amides is 1. The van der Waals surface area contributed by atoms with Crippen molar-refractivity contribution in [3.05, 3.63) is 76.7 Å². The maximum atomic E-state index is 13.2. The molecule has 2 aromatic carbocycles. The van der Waals surface area contributed by atoms with Gasteiger partial charge in [-0.05, 0) is 50.3 Å². The van der Waals surface area contributed by atoms with Gasteiger partial charge in [-0.3, -0.25) is 4.79 Å². The van der Waals surface area contributed by atoms with E-state index in [9.17, 15) is 9.59 Å². The molecule has 0 spiro atoms. The van der Waals surface area contributed by atoms with Crippen LogP contribution in [0.3, 0.4) is 0 Å². The quantitative estimate of drug-likeness (QED) is 0.144. The highest BCUT2D eigenvalue weighted by Crippen LogP contribution is 2.38. The molecule has 0 unspecified atom stereocenters. The number of para-hydroxylation sites is 1. The number of ether oxygens (including phenoxy) is 1. The summed E-state index contributed by atoms with van der Waals surface area (Å²) >= 11 is 2.84. The first kappa shape index (κ1) is 29.1. The third kappa shape index (κ3) is 6.07. The minimum absolute atomic E-state index is 0.133. The molecule has 1 aliphatic rings. The van der Waals surface area contributed by atoms with Crippen molar-refractivity contribution in [2.24, 2.45) is 0 Å². The van der Waals surface area contributed by atoms with Crippen LogP contribution < -0.4 is 5.32 Å². The SMILES string of the molecule is CCn1c(SCC(=O)Nc2sc3c(c2C(=O)OC)CCCCCC3)nnc1-c1cc(-c2ccccc2)nc2ccccc12. The Balaban J connectivity index is 1.26. The van der Waals surface area contributed by atoms with Crippen molar-refractivity contribution in [2.45, 2.75) is 57.1 Å². The number of thioether (sulfide) groups is 1. The van der Waals surface area contributed by atoms with Crippen molar-refractivity contribution in [3.8, 4) is 22.6 Å². The molecule has 43 heavy (non-hydrogen) atoms. The number of methoxy groups -OCH3 is 1. The molecule has 6 rings (SSSR count). The fourth-order valence-corrected chi connectivity index (χ4v) is 7.71. The Bertz CT molecular complexity index is 1780. The summed E-state index contributed by atoms with van der Waals surface area (Å²) in [6.45, 7) is 2.68. The van der Waals surface area contributed by atoms with E-state index in [0.29, 0.717) is 22.3 Å². The number of aryl methyl sites for hydroxylation is 1. The molecule has 0 aliphatic heterocycles. The molecule has 220 valence electrons. The Morgan fingerprint density at radius 1 is 1.00 bits per heavy atom. The molecule has 1 aliphatic carbocycles. The largest absolute Gasteiger partial charge is 0.465 e. The Hall–Kier alpha value is -4.02. The fourth-order valence-electron chi connectivity index (χ4n) is 5.62. The molecular weight excluding hydrogens is 579 g/mol. The number of carbonyl (C=O) groups is 2. The second-order valence-corrected chi connectivity index (χ2v) is 12.5. The van der Waals surface area contributed by atoms with Gasteiger partial charge in [0, 0.05) is 27.9 Å². The number of carbonyl (C=O) groups excluding carboxylic acids is 2. The zero-order chi connectivity index (χ0) is 29.8. The van der Waals surface area contributed by atoms with E-state index in [1.54, 1.807) is 0 Å². The predicted molar refractivity (Wildman–Crippen MR) is 173 cm³/mol. The second-order valence-electron chi connectivity index (χ2n) is 10.4. The van der Waals surface area contributed by atoms with E-state index in [0.717, 1.165) is 71.2 Å². The highest BCUT2D eigenvalue weighted by atomic mass is 32.2. The van der Waals surface area contributed by atoms with Gasteiger partial charge in [0.25, 0.3) is 0 Å². The van der Waals surface area contributed by atoms with Gasteiger partial charge in [0.1, 0.15) is 5.00 Å². The molecule has 0 atom stereocenters. The summed E-state index contributed by atoms with van der Waals surface area (Å²) in [5.74, 6) is 0.272. The lowest BCUT2D eigenvalue weighted by molar-refractivity contribution is -0.113. The summed E-state index contributed by atoms with van der Waals surface area (Å²) in [7, 11) is 1.39. The van der Waals surface area contributed by atoms with E-state index >= 15 is 0 Å². The first-order valence-electron chi connectivity index (χ1n) is 14.6. The number of anilines is 1. The third-order valence-corrected chi connectivity index (χ3v) is 9.88. The number of fused-ring (bicyclic) bond motifs is 2. The maximum absolute atomic E-state index is 13.2. The summed E-state index contributed by atoms with van der Waals surface area (Å²) in [6.07, 6.45) is 6.21. The zero-order valence-corrected chi connectivity index (χ0v) is 25.9. The first-order valence-corrected chi connectivity index (χ1v) is 16.4. The monoisotopic (exact) mass is 611 g/mol. The zero-order valence-electron chi connectivity index (χ0n) is 24.3. The molecular formula is C33H33N5O3S2. The summed E-state index contributed by atoms with van der Waals surface area (Å²) in [5.41, 5.74) is 5.25. The van der Waals surface area contributed by atoms with Gasteiger partial charge in [-0.1, -0.05) is 73.1 Å². The van der Waals surface area contributed by atoms with E-state index in [-0.39, 0.29) is 11.7 Å². The summed E-state index contributed by atoms with van der Waals surface area (Å²) in [4.78, 5) is 32.0. The van der Waals surface area contributed by atoms with Crippen LogP contribution in [0.2, 0.25) is 0 Å². The van der Waals surface area contributed by atoms with Gasteiger partial charge < -0.3 is 14.6 Å². The number of aromatic nitrogens is 4. The number of esters is 1. The van der Waals surface area contributed by atoms with Crippen molar-refractivity contribution in [3.63, 3.8) is 0 Å². The average molecular weight is 612 g/mol. The third-order valence-electron chi connectivity index (χ3n) is 7.71. The van der Waals surface area contributed by atoms with Crippen LogP contribution in [0.1, 0.15) is 53.4 Å². The molecule has 0 radical (unpaired) electrons. The molecule has 3 heterocycles. The van der Waals surface area contributed by atoms with Crippen molar-refractivity contribution >= 4 is 50.9 Å². The molecule has 0 saturated carbocycles. The second kappa shape index (κ2) is 13.1. The fraction of sp³-hybridized carbons (Fsp3) is 0.303. The molecule has 3 aromatic heterocycles. The average Bonchev–Trinajstić information content (AvgIpc) is 3.59. The van der Waals surface area contributed by atoms with Crippen molar-refractivity contribution in [2.75, 3.05) is 18.2 Å². The molecule has 0 bridgehead atoms. The lowest BCUT2D eigenvalue weighted by atomic mass is 9.96. The van der Waals surface area contributed by atoms with Gasteiger partial charge in [0.2, 0.25) is 5.91 Å². The lowest BCUT2D eigenvalue weighted by Gasteiger charge is -2.12.